The quantitative estimate of drug-likeness (QED) is 0.304. The third-order valence-corrected chi connectivity index (χ3v) is 7.10. The Bertz CT molecular complexity index is 905. The average Bonchev–Trinajstić information content (AvgIpc) is 3.34. The highest BCUT2D eigenvalue weighted by Crippen LogP contribution is 2.30. The maximum Gasteiger partial charge on any atom is 0.407 e. The molecule has 1 unspecified atom stereocenters. The number of methoxy groups -OCH3 is 1. The van der Waals surface area contributed by atoms with Crippen LogP contribution in [-0.4, -0.2) is 77.8 Å². The Labute approximate surface area is 223 Å². The molecule has 0 fully saturated rings. The average molecular weight is 543 g/mol. The van der Waals surface area contributed by atoms with Gasteiger partial charge >= 0.3 is 12.1 Å². The van der Waals surface area contributed by atoms with Crippen LogP contribution in [0.2, 0.25) is 0 Å². The molecule has 0 saturated heterocycles. The Balaban J connectivity index is 3.21. The normalized spacial score (nSPS) is 15.2. The summed E-state index contributed by atoms with van der Waals surface area (Å²) in [6.45, 7) is 11.5. The molecule has 0 aliphatic carbocycles. The minimum absolute atomic E-state index is 0.00125. The van der Waals surface area contributed by atoms with Crippen molar-refractivity contribution in [3.8, 4) is 0 Å². The Hall–Kier alpha value is -2.73. The molecule has 0 aliphatic rings. The molecule has 210 valence electrons. The van der Waals surface area contributed by atoms with Crippen molar-refractivity contribution < 1.29 is 33.8 Å². The summed E-state index contributed by atoms with van der Waals surface area (Å²) in [7, 11) is 2.91. The molecule has 0 radical (unpaired) electrons. The molecule has 5 atom stereocenters. The third-order valence-electron chi connectivity index (χ3n) is 6.16. The van der Waals surface area contributed by atoms with Gasteiger partial charge in [0.25, 0.3) is 5.91 Å². The predicted molar refractivity (Wildman–Crippen MR) is 140 cm³/mol. The van der Waals surface area contributed by atoms with Crippen molar-refractivity contribution in [2.75, 3.05) is 20.7 Å². The molecular formula is C25H42N4O7S. The minimum atomic E-state index is -1.26. The van der Waals surface area contributed by atoms with Gasteiger partial charge in [0.05, 0.1) is 13.2 Å². The van der Waals surface area contributed by atoms with Gasteiger partial charge in [-0.25, -0.2) is 14.6 Å². The second kappa shape index (κ2) is 15.5. The van der Waals surface area contributed by atoms with E-state index in [2.05, 4.69) is 20.4 Å². The number of nitrogens with zero attached hydrogens (tertiary/aromatic N) is 2. The molecule has 0 saturated carbocycles. The van der Waals surface area contributed by atoms with Crippen molar-refractivity contribution in [3.05, 3.63) is 16.1 Å². The van der Waals surface area contributed by atoms with Crippen molar-refractivity contribution >= 4 is 35.2 Å². The van der Waals surface area contributed by atoms with Crippen molar-refractivity contribution in [3.63, 3.8) is 0 Å². The molecule has 0 spiro atoms. The van der Waals surface area contributed by atoms with Crippen LogP contribution in [0, 0.1) is 11.8 Å². The molecule has 1 heterocycles. The van der Waals surface area contributed by atoms with Crippen LogP contribution in [-0.2, 0) is 19.1 Å². The van der Waals surface area contributed by atoms with Crippen LogP contribution >= 0.6 is 11.3 Å². The molecule has 3 amide bonds. The number of hydrogen-bond donors (Lipinski definition) is 3. The molecule has 0 aromatic carbocycles. The summed E-state index contributed by atoms with van der Waals surface area (Å²) in [4.78, 5) is 56.0. The van der Waals surface area contributed by atoms with Gasteiger partial charge in [0.2, 0.25) is 5.91 Å². The smallest absolute Gasteiger partial charge is 0.407 e. The summed E-state index contributed by atoms with van der Waals surface area (Å²) in [5.41, 5.74) is 0.00125. The number of amides is 3. The van der Waals surface area contributed by atoms with E-state index in [0.29, 0.717) is 18.0 Å². The van der Waals surface area contributed by atoms with E-state index in [-0.39, 0.29) is 35.9 Å². The number of nitrogens with one attached hydrogen (secondary N) is 2. The Kier molecular flexibility index (Phi) is 13.5. The van der Waals surface area contributed by atoms with Crippen LogP contribution in [0.1, 0.15) is 82.4 Å². The van der Waals surface area contributed by atoms with Crippen LogP contribution in [0.25, 0.3) is 0 Å². The van der Waals surface area contributed by atoms with E-state index in [1.54, 1.807) is 18.9 Å². The van der Waals surface area contributed by atoms with Crippen molar-refractivity contribution in [2.24, 2.45) is 11.8 Å². The number of ether oxygens (including phenoxy) is 2. The minimum Gasteiger partial charge on any atom is -0.467 e. The molecule has 0 bridgehead atoms. The summed E-state index contributed by atoms with van der Waals surface area (Å²) in [6.07, 6.45) is -1.04. The van der Waals surface area contributed by atoms with E-state index in [9.17, 15) is 24.3 Å². The fourth-order valence-electron chi connectivity index (χ4n) is 3.64. The standard InChI is InChI=1S/C25H42N4O7S/c1-9-15(5)11-20(31)29(7)18(14(3)4)12-19(36-25(34)26-10-2)23-27-17(13-37-23)22(32)28-21(16(6)30)24(33)35-8/h13-16,18-19,21,30H,9-12H2,1-8H3,(H,26,34)(H,28,32)/t15-,16?,18+,19+,21-/m0/s1. The number of aliphatic hydroxyl groups excluding tert-OH is 1. The number of esters is 1. The fraction of sp³-hybridized carbons (Fsp3) is 0.720. The van der Waals surface area contributed by atoms with Crippen LogP contribution in [0.4, 0.5) is 4.79 Å². The number of aliphatic hydroxyl groups is 1. The van der Waals surface area contributed by atoms with Gasteiger partial charge in [-0.15, -0.1) is 11.3 Å². The molecular weight excluding hydrogens is 500 g/mol. The molecule has 37 heavy (non-hydrogen) atoms. The Morgan fingerprint density at radius 1 is 1.16 bits per heavy atom. The zero-order valence-corrected chi connectivity index (χ0v) is 23.9. The van der Waals surface area contributed by atoms with Crippen LogP contribution < -0.4 is 10.6 Å². The summed E-state index contributed by atoms with van der Waals surface area (Å²) < 4.78 is 10.3. The molecule has 3 N–H and O–H groups in total. The Morgan fingerprint density at radius 2 is 1.81 bits per heavy atom. The van der Waals surface area contributed by atoms with E-state index in [1.807, 2.05) is 27.7 Å². The number of carbonyl (C=O) groups excluding carboxylic acids is 4. The summed E-state index contributed by atoms with van der Waals surface area (Å²) in [5, 5.41) is 16.7. The molecule has 11 nitrogen and oxygen atoms in total. The van der Waals surface area contributed by atoms with Crippen LogP contribution in [0.15, 0.2) is 5.38 Å². The molecule has 1 aromatic rings. The van der Waals surface area contributed by atoms with Gasteiger partial charge < -0.3 is 30.1 Å². The molecule has 1 rings (SSSR count). The topological polar surface area (TPSA) is 147 Å². The van der Waals surface area contributed by atoms with Crippen molar-refractivity contribution in [1.29, 1.82) is 0 Å². The third kappa shape index (κ3) is 9.92. The predicted octanol–water partition coefficient (Wildman–Crippen LogP) is 2.89. The molecule has 0 aliphatic heterocycles. The highest BCUT2D eigenvalue weighted by atomic mass is 32.1. The largest absolute Gasteiger partial charge is 0.467 e. The van der Waals surface area contributed by atoms with Crippen molar-refractivity contribution in [2.45, 2.75) is 85.1 Å². The van der Waals surface area contributed by atoms with Gasteiger partial charge in [-0.1, -0.05) is 34.1 Å². The van der Waals surface area contributed by atoms with Crippen molar-refractivity contribution in [1.82, 2.24) is 20.5 Å². The summed E-state index contributed by atoms with van der Waals surface area (Å²) >= 11 is 1.12. The number of aromatic nitrogens is 1. The van der Waals surface area contributed by atoms with E-state index < -0.39 is 36.2 Å². The lowest BCUT2D eigenvalue weighted by molar-refractivity contribution is -0.145. The Morgan fingerprint density at radius 3 is 2.32 bits per heavy atom. The maximum absolute atomic E-state index is 12.9. The van der Waals surface area contributed by atoms with Crippen LogP contribution in [0.3, 0.4) is 0 Å². The summed E-state index contributed by atoms with van der Waals surface area (Å²) in [5.74, 6) is -1.16. The first-order valence-electron chi connectivity index (χ1n) is 12.6. The van der Waals surface area contributed by atoms with Gasteiger partial charge in [-0.2, -0.15) is 0 Å². The lowest BCUT2D eigenvalue weighted by atomic mass is 9.95. The number of thiazole rings is 1. The number of hydrogen-bond acceptors (Lipinski definition) is 9. The van der Waals surface area contributed by atoms with Gasteiger partial charge in [0.15, 0.2) is 12.1 Å². The van der Waals surface area contributed by atoms with Gasteiger partial charge in [0.1, 0.15) is 10.7 Å². The zero-order valence-electron chi connectivity index (χ0n) is 23.1. The summed E-state index contributed by atoms with van der Waals surface area (Å²) in [6, 6.07) is -1.52. The number of alkyl carbamates (subject to hydrolysis) is 1. The highest BCUT2D eigenvalue weighted by molar-refractivity contribution is 7.09. The van der Waals surface area contributed by atoms with E-state index in [4.69, 9.17) is 4.74 Å². The fourth-order valence-corrected chi connectivity index (χ4v) is 4.48. The number of rotatable bonds is 14. The first-order chi connectivity index (χ1) is 17.4. The van der Waals surface area contributed by atoms with E-state index in [0.717, 1.165) is 24.9 Å². The van der Waals surface area contributed by atoms with E-state index >= 15 is 0 Å². The lowest BCUT2D eigenvalue weighted by Crippen LogP contribution is -2.48. The SMILES string of the molecule is CCNC(=O)O[C@H](C[C@H](C(C)C)N(C)C(=O)C[C@@H](C)CC)c1nc(C(=O)N[C@H](C(=O)OC)C(C)O)cs1. The zero-order chi connectivity index (χ0) is 28.3. The molecule has 1 aromatic heterocycles. The first kappa shape index (κ1) is 32.3. The highest BCUT2D eigenvalue weighted by Gasteiger charge is 2.32. The number of carbonyl (C=O) groups is 4. The first-order valence-corrected chi connectivity index (χ1v) is 13.5. The second-order valence-corrected chi connectivity index (χ2v) is 10.4. The van der Waals surface area contributed by atoms with Crippen LogP contribution in [0.5, 0.6) is 0 Å². The van der Waals surface area contributed by atoms with Gasteiger partial charge in [0, 0.05) is 37.9 Å². The van der Waals surface area contributed by atoms with Gasteiger partial charge in [-0.05, 0) is 25.7 Å². The van der Waals surface area contributed by atoms with Gasteiger partial charge in [-0.3, -0.25) is 9.59 Å². The monoisotopic (exact) mass is 542 g/mol. The second-order valence-electron chi connectivity index (χ2n) is 9.48. The maximum atomic E-state index is 12.9. The molecule has 12 heteroatoms. The lowest BCUT2D eigenvalue weighted by Gasteiger charge is -2.34. The van der Waals surface area contributed by atoms with E-state index in [1.165, 1.54) is 12.3 Å².